The fourth-order valence-electron chi connectivity index (χ4n) is 3.10. The molecule has 2 aromatic carbocycles. The number of hydrogen-bond acceptors (Lipinski definition) is 3. The van der Waals surface area contributed by atoms with Crippen molar-refractivity contribution >= 4 is 29.2 Å². The maximum atomic E-state index is 14.4. The quantitative estimate of drug-likeness (QED) is 0.706. The van der Waals surface area contributed by atoms with E-state index < -0.39 is 0 Å². The van der Waals surface area contributed by atoms with Crippen LogP contribution in [0.2, 0.25) is 10.0 Å². The van der Waals surface area contributed by atoms with Gasteiger partial charge in [-0.3, -0.25) is 0 Å². The molecule has 0 saturated heterocycles. The molecule has 122 valence electrons. The van der Waals surface area contributed by atoms with Gasteiger partial charge >= 0.3 is 0 Å². The molecule has 0 aliphatic carbocycles. The molecule has 1 aliphatic rings. The fraction of sp³-hybridized carbons (Fsp3) is 0.176. The summed E-state index contributed by atoms with van der Waals surface area (Å²) in [5, 5.41) is 8.63. The van der Waals surface area contributed by atoms with Crippen LogP contribution in [-0.2, 0) is 0 Å². The van der Waals surface area contributed by atoms with Gasteiger partial charge in [0, 0.05) is 15.6 Å². The maximum absolute atomic E-state index is 14.4. The first kappa shape index (κ1) is 15.4. The predicted molar refractivity (Wildman–Crippen MR) is 92.0 cm³/mol. The number of aromatic nitrogens is 3. The first-order valence-electron chi connectivity index (χ1n) is 7.49. The van der Waals surface area contributed by atoms with Crippen LogP contribution in [0.4, 0.5) is 10.3 Å². The van der Waals surface area contributed by atoms with Gasteiger partial charge in [0.25, 0.3) is 0 Å². The number of nitrogens with zero attached hydrogens (tertiary/aromatic N) is 3. The van der Waals surface area contributed by atoms with E-state index in [9.17, 15) is 4.39 Å². The summed E-state index contributed by atoms with van der Waals surface area (Å²) in [5.74, 6) is 0.247. The Morgan fingerprint density at radius 3 is 2.67 bits per heavy atom. The van der Waals surface area contributed by atoms with Gasteiger partial charge in [-0.05, 0) is 36.2 Å². The third-order valence-electron chi connectivity index (χ3n) is 4.24. The van der Waals surface area contributed by atoms with Crippen molar-refractivity contribution in [1.82, 2.24) is 14.8 Å². The van der Waals surface area contributed by atoms with Crippen molar-refractivity contribution in [2.24, 2.45) is 0 Å². The third-order valence-corrected chi connectivity index (χ3v) is 4.82. The van der Waals surface area contributed by atoms with Crippen molar-refractivity contribution in [2.45, 2.75) is 18.5 Å². The molecule has 24 heavy (non-hydrogen) atoms. The van der Waals surface area contributed by atoms with Crippen LogP contribution in [0.25, 0.3) is 0 Å². The van der Waals surface area contributed by atoms with Gasteiger partial charge in [-0.15, -0.1) is 0 Å². The predicted octanol–water partition coefficient (Wildman–Crippen LogP) is 4.87. The zero-order valence-electron chi connectivity index (χ0n) is 12.5. The number of fused-ring (bicyclic) bond motifs is 1. The molecule has 0 amide bonds. The molecule has 1 aromatic heterocycles. The minimum Gasteiger partial charge on any atom is -0.348 e. The molecule has 0 saturated carbocycles. The second kappa shape index (κ2) is 6.07. The first-order chi connectivity index (χ1) is 11.6. The van der Waals surface area contributed by atoms with Gasteiger partial charge < -0.3 is 5.32 Å². The number of nitrogens with one attached hydrogen (secondary N) is 1. The van der Waals surface area contributed by atoms with Crippen molar-refractivity contribution in [1.29, 1.82) is 0 Å². The Hall–Kier alpha value is -2.11. The van der Waals surface area contributed by atoms with E-state index in [0.717, 1.165) is 5.56 Å². The van der Waals surface area contributed by atoms with Crippen LogP contribution in [0.5, 0.6) is 0 Å². The van der Waals surface area contributed by atoms with Crippen LogP contribution in [0, 0.1) is 5.82 Å². The highest BCUT2D eigenvalue weighted by Crippen LogP contribution is 2.40. The lowest BCUT2D eigenvalue weighted by atomic mass is 9.93. The summed E-state index contributed by atoms with van der Waals surface area (Å²) in [6, 6.07) is 11.9. The number of hydrogen-bond donors (Lipinski definition) is 1. The van der Waals surface area contributed by atoms with Crippen LogP contribution < -0.4 is 5.32 Å². The van der Waals surface area contributed by atoms with Crippen molar-refractivity contribution in [3.63, 3.8) is 0 Å². The molecule has 4 rings (SSSR count). The topological polar surface area (TPSA) is 42.7 Å². The van der Waals surface area contributed by atoms with E-state index in [0.29, 0.717) is 28.0 Å². The molecule has 2 heterocycles. The largest absolute Gasteiger partial charge is 0.348 e. The third kappa shape index (κ3) is 2.64. The molecule has 7 heteroatoms. The Morgan fingerprint density at radius 2 is 1.92 bits per heavy atom. The van der Waals surface area contributed by atoms with E-state index in [1.54, 1.807) is 16.8 Å². The van der Waals surface area contributed by atoms with E-state index in [1.165, 1.54) is 12.4 Å². The SMILES string of the molecule is Fc1cccc(Cl)c1[C@H]1CC(c2ccc(Cl)cc2)Nc2ncnn21. The molecule has 1 N–H and O–H groups in total. The number of benzene rings is 2. The van der Waals surface area contributed by atoms with Crippen LogP contribution in [0.1, 0.15) is 29.6 Å². The Kier molecular flexibility index (Phi) is 3.90. The lowest BCUT2D eigenvalue weighted by Gasteiger charge is -2.32. The molecule has 0 fully saturated rings. The van der Waals surface area contributed by atoms with E-state index in [2.05, 4.69) is 15.4 Å². The molecule has 1 aliphatic heterocycles. The van der Waals surface area contributed by atoms with Crippen molar-refractivity contribution in [3.05, 3.63) is 75.8 Å². The Labute approximate surface area is 148 Å². The van der Waals surface area contributed by atoms with Gasteiger partial charge in [0.15, 0.2) is 0 Å². The second-order valence-corrected chi connectivity index (χ2v) is 6.51. The first-order valence-corrected chi connectivity index (χ1v) is 8.24. The second-order valence-electron chi connectivity index (χ2n) is 5.66. The van der Waals surface area contributed by atoms with E-state index in [-0.39, 0.29) is 17.9 Å². The summed E-state index contributed by atoms with van der Waals surface area (Å²) in [4.78, 5) is 4.23. The van der Waals surface area contributed by atoms with Crippen LogP contribution in [0.3, 0.4) is 0 Å². The Balaban J connectivity index is 1.78. The fourth-order valence-corrected chi connectivity index (χ4v) is 3.52. The normalized spacial score (nSPS) is 19.6. The van der Waals surface area contributed by atoms with Crippen molar-refractivity contribution in [3.8, 4) is 0 Å². The average Bonchev–Trinajstić information content (AvgIpc) is 3.04. The van der Waals surface area contributed by atoms with E-state index >= 15 is 0 Å². The van der Waals surface area contributed by atoms with Gasteiger partial charge in [-0.1, -0.05) is 41.4 Å². The number of rotatable bonds is 2. The van der Waals surface area contributed by atoms with E-state index in [1.807, 2.05) is 24.3 Å². The highest BCUT2D eigenvalue weighted by molar-refractivity contribution is 6.31. The van der Waals surface area contributed by atoms with Gasteiger partial charge in [-0.2, -0.15) is 10.1 Å². The smallest absolute Gasteiger partial charge is 0.222 e. The van der Waals surface area contributed by atoms with Crippen molar-refractivity contribution in [2.75, 3.05) is 5.32 Å². The number of halogens is 3. The molecular formula is C17H13Cl2FN4. The average molecular weight is 363 g/mol. The molecular weight excluding hydrogens is 350 g/mol. The highest BCUT2D eigenvalue weighted by atomic mass is 35.5. The zero-order valence-corrected chi connectivity index (χ0v) is 14.0. The van der Waals surface area contributed by atoms with E-state index in [4.69, 9.17) is 23.2 Å². The lowest BCUT2D eigenvalue weighted by Crippen LogP contribution is -2.28. The molecule has 0 spiro atoms. The summed E-state index contributed by atoms with van der Waals surface area (Å²) in [6.07, 6.45) is 2.05. The summed E-state index contributed by atoms with van der Waals surface area (Å²) >= 11 is 12.2. The summed E-state index contributed by atoms with van der Waals surface area (Å²) in [7, 11) is 0. The monoisotopic (exact) mass is 362 g/mol. The maximum Gasteiger partial charge on any atom is 0.222 e. The molecule has 1 unspecified atom stereocenters. The van der Waals surface area contributed by atoms with Gasteiger partial charge in [0.1, 0.15) is 12.1 Å². The summed E-state index contributed by atoms with van der Waals surface area (Å²) < 4.78 is 16.1. The molecule has 4 nitrogen and oxygen atoms in total. The Bertz CT molecular complexity index is 858. The lowest BCUT2D eigenvalue weighted by molar-refractivity contribution is 0.416. The minimum absolute atomic E-state index is 0.0420. The van der Waals surface area contributed by atoms with Crippen LogP contribution in [0.15, 0.2) is 48.8 Å². The number of anilines is 1. The highest BCUT2D eigenvalue weighted by Gasteiger charge is 2.32. The molecule has 2 atom stereocenters. The van der Waals surface area contributed by atoms with Gasteiger partial charge in [0.2, 0.25) is 5.95 Å². The molecule has 0 radical (unpaired) electrons. The Morgan fingerprint density at radius 1 is 1.12 bits per heavy atom. The van der Waals surface area contributed by atoms with Crippen molar-refractivity contribution < 1.29 is 4.39 Å². The summed E-state index contributed by atoms with van der Waals surface area (Å²) in [6.45, 7) is 0. The zero-order chi connectivity index (χ0) is 16.7. The standard InChI is InChI=1S/C17H13Cl2FN4/c18-11-6-4-10(5-7-11)14-8-15(24-17(23-14)21-9-22-24)16-12(19)2-1-3-13(16)20/h1-7,9,14-15H,8H2,(H,21,22,23)/t14?,15-/m1/s1. The van der Waals surface area contributed by atoms with Crippen LogP contribution in [-0.4, -0.2) is 14.8 Å². The molecule has 0 bridgehead atoms. The van der Waals surface area contributed by atoms with Crippen LogP contribution >= 0.6 is 23.2 Å². The van der Waals surface area contributed by atoms with Gasteiger partial charge in [-0.25, -0.2) is 9.07 Å². The summed E-state index contributed by atoms with van der Waals surface area (Å²) in [5.41, 5.74) is 1.48. The van der Waals surface area contributed by atoms with Gasteiger partial charge in [0.05, 0.1) is 12.1 Å². The molecule has 3 aromatic rings. The minimum atomic E-state index is -0.342.